The van der Waals surface area contributed by atoms with E-state index in [0.29, 0.717) is 6.54 Å². The summed E-state index contributed by atoms with van der Waals surface area (Å²) in [6, 6.07) is 8.16. The van der Waals surface area contributed by atoms with Crippen LogP contribution in [0.4, 0.5) is 0 Å². The molecule has 2 unspecified atom stereocenters. The summed E-state index contributed by atoms with van der Waals surface area (Å²) in [5.74, 6) is 1.66. The van der Waals surface area contributed by atoms with Crippen LogP contribution in [-0.2, 0) is 17.9 Å². The molecule has 2 atom stereocenters. The van der Waals surface area contributed by atoms with Crippen LogP contribution in [0.15, 0.2) is 24.3 Å². The number of nitrogens with one attached hydrogen (secondary N) is 1. The van der Waals surface area contributed by atoms with Crippen molar-refractivity contribution in [2.75, 3.05) is 25.1 Å². The lowest BCUT2D eigenvalue weighted by atomic mass is 9.99. The van der Waals surface area contributed by atoms with Crippen molar-refractivity contribution in [1.82, 2.24) is 10.2 Å². The number of halogens is 1. The molecule has 142 valence electrons. The predicted molar refractivity (Wildman–Crippen MR) is 110 cm³/mol. The highest BCUT2D eigenvalue weighted by molar-refractivity contribution is 7.98. The van der Waals surface area contributed by atoms with Gasteiger partial charge >= 0.3 is 0 Å². The lowest BCUT2D eigenvalue weighted by molar-refractivity contribution is -0.122. The third-order valence-corrected chi connectivity index (χ3v) is 5.25. The Kier molecular flexibility index (Phi) is 10.5. The van der Waals surface area contributed by atoms with Crippen molar-refractivity contribution in [2.45, 2.75) is 45.3 Å². The molecule has 0 spiro atoms. The Morgan fingerprint density at radius 2 is 2.04 bits per heavy atom. The first-order chi connectivity index (χ1) is 11.6. The highest BCUT2D eigenvalue weighted by atomic mass is 35.5. The first-order valence-corrected chi connectivity index (χ1v) is 10.3. The van der Waals surface area contributed by atoms with Gasteiger partial charge in [0.05, 0.1) is 6.04 Å². The zero-order chi connectivity index (χ0) is 17.4. The molecule has 6 heteroatoms. The van der Waals surface area contributed by atoms with Crippen molar-refractivity contribution >= 4 is 30.1 Å². The largest absolute Gasteiger partial charge is 0.351 e. The van der Waals surface area contributed by atoms with E-state index < -0.39 is 6.04 Å². The Morgan fingerprint density at radius 3 is 2.68 bits per heavy atom. The quantitative estimate of drug-likeness (QED) is 0.722. The van der Waals surface area contributed by atoms with E-state index in [1.54, 1.807) is 11.8 Å². The normalized spacial score (nSPS) is 19.1. The molecule has 1 aromatic rings. The summed E-state index contributed by atoms with van der Waals surface area (Å²) in [5.41, 5.74) is 8.34. The highest BCUT2D eigenvalue weighted by Gasteiger charge is 2.16. The third-order valence-electron chi connectivity index (χ3n) is 4.61. The molecule has 1 fully saturated rings. The molecular weight excluding hydrogens is 354 g/mol. The highest BCUT2D eigenvalue weighted by Crippen LogP contribution is 2.18. The van der Waals surface area contributed by atoms with Crippen molar-refractivity contribution < 1.29 is 4.79 Å². The third kappa shape index (κ3) is 7.99. The van der Waals surface area contributed by atoms with E-state index in [1.165, 1.54) is 31.5 Å². The van der Waals surface area contributed by atoms with Crippen LogP contribution in [0.1, 0.15) is 37.3 Å². The maximum atomic E-state index is 11.9. The Bertz CT molecular complexity index is 512. The van der Waals surface area contributed by atoms with Crippen LogP contribution in [-0.4, -0.2) is 41.9 Å². The van der Waals surface area contributed by atoms with Gasteiger partial charge < -0.3 is 11.1 Å². The van der Waals surface area contributed by atoms with Crippen molar-refractivity contribution in [2.24, 2.45) is 11.7 Å². The van der Waals surface area contributed by atoms with E-state index in [-0.39, 0.29) is 18.3 Å². The van der Waals surface area contributed by atoms with Gasteiger partial charge in [-0.1, -0.05) is 31.2 Å². The van der Waals surface area contributed by atoms with E-state index in [0.717, 1.165) is 30.2 Å². The van der Waals surface area contributed by atoms with Crippen LogP contribution in [0.5, 0.6) is 0 Å². The first-order valence-electron chi connectivity index (χ1n) is 8.91. The fourth-order valence-electron chi connectivity index (χ4n) is 3.15. The summed E-state index contributed by atoms with van der Waals surface area (Å²) in [4.78, 5) is 14.5. The average Bonchev–Trinajstić information content (AvgIpc) is 2.58. The number of rotatable bonds is 8. The summed E-state index contributed by atoms with van der Waals surface area (Å²) in [7, 11) is 0. The molecule has 1 aliphatic rings. The van der Waals surface area contributed by atoms with E-state index in [4.69, 9.17) is 5.73 Å². The molecule has 3 N–H and O–H groups in total. The molecular formula is C19H32ClN3OS. The fourth-order valence-corrected chi connectivity index (χ4v) is 3.64. The lowest BCUT2D eigenvalue weighted by Gasteiger charge is -2.30. The minimum Gasteiger partial charge on any atom is -0.351 e. The molecule has 1 aromatic carbocycles. The summed E-state index contributed by atoms with van der Waals surface area (Å²) in [6.07, 6.45) is 5.41. The number of carbonyl (C=O) groups is 1. The fraction of sp³-hybridized carbons (Fsp3) is 0.632. The molecule has 0 aromatic heterocycles. The first kappa shape index (κ1) is 22.3. The van der Waals surface area contributed by atoms with Gasteiger partial charge in [-0.25, -0.2) is 0 Å². The van der Waals surface area contributed by atoms with E-state index in [9.17, 15) is 4.79 Å². The molecule has 0 radical (unpaired) electrons. The molecule has 25 heavy (non-hydrogen) atoms. The maximum Gasteiger partial charge on any atom is 0.237 e. The van der Waals surface area contributed by atoms with Crippen LogP contribution in [0.2, 0.25) is 0 Å². The lowest BCUT2D eigenvalue weighted by Crippen LogP contribution is -2.40. The zero-order valence-corrected chi connectivity index (χ0v) is 17.0. The molecule has 1 aliphatic heterocycles. The van der Waals surface area contributed by atoms with Crippen LogP contribution in [0, 0.1) is 5.92 Å². The standard InChI is InChI=1S/C19H31N3OS.ClH/c1-15-4-3-10-22(13-15)14-17-7-5-16(6-8-17)12-21-19(23)18(20)9-11-24-2;/h5-8,15,18H,3-4,9-14,20H2,1-2H3,(H,21,23);1H. The van der Waals surface area contributed by atoms with Crippen LogP contribution in [0.3, 0.4) is 0 Å². The van der Waals surface area contributed by atoms with Crippen molar-refractivity contribution in [3.05, 3.63) is 35.4 Å². The number of piperidine rings is 1. The summed E-state index contributed by atoms with van der Waals surface area (Å²) < 4.78 is 0. The van der Waals surface area contributed by atoms with Crippen LogP contribution in [0.25, 0.3) is 0 Å². The molecule has 1 amide bonds. The SMILES string of the molecule is CSCCC(N)C(=O)NCc1ccc(CN2CCCC(C)C2)cc1.Cl. The van der Waals surface area contributed by atoms with Gasteiger partial charge in [-0.3, -0.25) is 9.69 Å². The number of hydrogen-bond acceptors (Lipinski definition) is 4. The Balaban J connectivity index is 0.00000312. The Morgan fingerprint density at radius 1 is 1.36 bits per heavy atom. The predicted octanol–water partition coefficient (Wildman–Crippen LogP) is 3.04. The Labute approximate surface area is 162 Å². The van der Waals surface area contributed by atoms with Crippen LogP contribution < -0.4 is 11.1 Å². The van der Waals surface area contributed by atoms with Gasteiger partial charge in [0.25, 0.3) is 0 Å². The van der Waals surface area contributed by atoms with Gasteiger partial charge in [-0.05, 0) is 54.9 Å². The smallest absolute Gasteiger partial charge is 0.237 e. The summed E-state index contributed by atoms with van der Waals surface area (Å²) in [6.45, 7) is 6.31. The van der Waals surface area contributed by atoms with Gasteiger partial charge in [-0.15, -0.1) is 12.4 Å². The molecule has 2 rings (SSSR count). The van der Waals surface area contributed by atoms with E-state index in [2.05, 4.69) is 41.4 Å². The van der Waals surface area contributed by atoms with Gasteiger partial charge in [0.2, 0.25) is 5.91 Å². The van der Waals surface area contributed by atoms with Crippen molar-refractivity contribution in [3.8, 4) is 0 Å². The number of thioether (sulfide) groups is 1. The molecule has 1 heterocycles. The number of amides is 1. The van der Waals surface area contributed by atoms with Crippen LogP contribution >= 0.6 is 24.2 Å². The minimum absolute atomic E-state index is 0. The molecule has 4 nitrogen and oxygen atoms in total. The number of nitrogens with zero attached hydrogens (tertiary/aromatic N) is 1. The molecule has 0 aliphatic carbocycles. The number of hydrogen-bond donors (Lipinski definition) is 2. The van der Waals surface area contributed by atoms with Crippen molar-refractivity contribution in [3.63, 3.8) is 0 Å². The van der Waals surface area contributed by atoms with E-state index >= 15 is 0 Å². The average molecular weight is 386 g/mol. The second kappa shape index (κ2) is 11.8. The zero-order valence-electron chi connectivity index (χ0n) is 15.4. The summed E-state index contributed by atoms with van der Waals surface area (Å²) >= 11 is 1.71. The van der Waals surface area contributed by atoms with Crippen molar-refractivity contribution in [1.29, 1.82) is 0 Å². The van der Waals surface area contributed by atoms with Gasteiger partial charge in [0, 0.05) is 19.6 Å². The second-order valence-corrected chi connectivity index (χ2v) is 7.89. The van der Waals surface area contributed by atoms with E-state index in [1.807, 2.05) is 6.26 Å². The number of nitrogens with two attached hydrogens (primary N) is 1. The number of likely N-dealkylation sites (tertiary alicyclic amines) is 1. The monoisotopic (exact) mass is 385 g/mol. The van der Waals surface area contributed by atoms with Gasteiger partial charge in [-0.2, -0.15) is 11.8 Å². The number of benzene rings is 1. The van der Waals surface area contributed by atoms with Gasteiger partial charge in [0.15, 0.2) is 0 Å². The second-order valence-electron chi connectivity index (χ2n) is 6.90. The summed E-state index contributed by atoms with van der Waals surface area (Å²) in [5, 5.41) is 2.93. The van der Waals surface area contributed by atoms with Gasteiger partial charge in [0.1, 0.15) is 0 Å². The minimum atomic E-state index is -0.405. The molecule has 1 saturated heterocycles. The molecule has 0 saturated carbocycles. The Hall–Kier alpha value is -0.750. The topological polar surface area (TPSA) is 58.4 Å². The number of carbonyl (C=O) groups excluding carboxylic acids is 1. The maximum absolute atomic E-state index is 11.9. The molecule has 0 bridgehead atoms.